The van der Waals surface area contributed by atoms with Crippen LogP contribution in [0.3, 0.4) is 0 Å². The summed E-state index contributed by atoms with van der Waals surface area (Å²) < 4.78 is 24.9. The van der Waals surface area contributed by atoms with E-state index in [0.717, 1.165) is 24.8 Å². The van der Waals surface area contributed by atoms with Gasteiger partial charge in [-0.15, -0.1) is 0 Å². The molecule has 1 aliphatic rings. The molecule has 0 aromatic heterocycles. The number of hydrogen-bond acceptors (Lipinski definition) is 3. The first-order valence-corrected chi connectivity index (χ1v) is 6.77. The van der Waals surface area contributed by atoms with Gasteiger partial charge in [0, 0.05) is 23.6 Å². The summed E-state index contributed by atoms with van der Waals surface area (Å²) in [5, 5.41) is 0. The Kier molecular flexibility index (Phi) is 3.99. The Labute approximate surface area is 113 Å². The molecule has 0 spiro atoms. The maximum atomic E-state index is 13.8. The Bertz CT molecular complexity index is 450. The third-order valence-electron chi connectivity index (χ3n) is 3.87. The van der Waals surface area contributed by atoms with Crippen molar-refractivity contribution < 1.29 is 13.9 Å². The van der Waals surface area contributed by atoms with Gasteiger partial charge in [0.2, 0.25) is 0 Å². The van der Waals surface area contributed by atoms with Crippen LogP contribution >= 0.6 is 0 Å². The lowest BCUT2D eigenvalue weighted by Gasteiger charge is -2.42. The molecule has 1 aliphatic carbocycles. The van der Waals surface area contributed by atoms with Crippen molar-refractivity contribution in [3.8, 4) is 11.5 Å². The van der Waals surface area contributed by atoms with E-state index >= 15 is 0 Å². The van der Waals surface area contributed by atoms with Crippen LogP contribution in [0.2, 0.25) is 0 Å². The summed E-state index contributed by atoms with van der Waals surface area (Å²) in [6.45, 7) is 4.40. The van der Waals surface area contributed by atoms with Gasteiger partial charge in [-0.2, -0.15) is 0 Å². The monoisotopic (exact) mass is 267 g/mol. The number of nitrogens with two attached hydrogens (primary N) is 1. The highest BCUT2D eigenvalue weighted by Crippen LogP contribution is 2.49. The Morgan fingerprint density at radius 2 is 2.05 bits per heavy atom. The predicted octanol–water partition coefficient (Wildman–Crippen LogP) is 3.00. The Morgan fingerprint density at radius 3 is 2.47 bits per heavy atom. The van der Waals surface area contributed by atoms with Crippen LogP contribution in [0.1, 0.15) is 38.7 Å². The van der Waals surface area contributed by atoms with Crippen LogP contribution in [-0.2, 0) is 5.41 Å². The fourth-order valence-corrected chi connectivity index (χ4v) is 2.66. The molecule has 106 valence electrons. The largest absolute Gasteiger partial charge is 0.493 e. The first kappa shape index (κ1) is 14.1. The first-order valence-electron chi connectivity index (χ1n) is 6.77. The van der Waals surface area contributed by atoms with Gasteiger partial charge in [-0.05, 0) is 32.8 Å². The van der Waals surface area contributed by atoms with Crippen LogP contribution in [0.4, 0.5) is 4.39 Å². The van der Waals surface area contributed by atoms with E-state index < -0.39 is 0 Å². The highest BCUT2D eigenvalue weighted by atomic mass is 19.1. The van der Waals surface area contributed by atoms with Crippen LogP contribution < -0.4 is 15.2 Å². The lowest BCUT2D eigenvalue weighted by atomic mass is 9.64. The fraction of sp³-hybridized carbons (Fsp3) is 0.600. The van der Waals surface area contributed by atoms with Crippen molar-refractivity contribution in [3.63, 3.8) is 0 Å². The molecule has 1 aromatic rings. The van der Waals surface area contributed by atoms with Gasteiger partial charge >= 0.3 is 0 Å². The maximum absolute atomic E-state index is 13.8. The predicted molar refractivity (Wildman–Crippen MR) is 73.3 cm³/mol. The molecule has 0 saturated heterocycles. The minimum atomic E-state index is -0.303. The minimum Gasteiger partial charge on any atom is -0.493 e. The molecule has 0 radical (unpaired) electrons. The number of methoxy groups -OCH3 is 1. The van der Waals surface area contributed by atoms with Crippen molar-refractivity contribution in [2.45, 2.75) is 44.6 Å². The van der Waals surface area contributed by atoms with Crippen LogP contribution in [0.25, 0.3) is 0 Å². The number of benzene rings is 1. The minimum absolute atomic E-state index is 0.00742. The first-order chi connectivity index (χ1) is 9.02. The zero-order valence-corrected chi connectivity index (χ0v) is 11.8. The molecular formula is C15H22FNO2. The van der Waals surface area contributed by atoms with Crippen LogP contribution in [0.15, 0.2) is 12.1 Å². The topological polar surface area (TPSA) is 44.5 Å². The average Bonchev–Trinajstić information content (AvgIpc) is 2.30. The van der Waals surface area contributed by atoms with Gasteiger partial charge in [0.05, 0.1) is 13.2 Å². The van der Waals surface area contributed by atoms with E-state index in [4.69, 9.17) is 15.2 Å². The van der Waals surface area contributed by atoms with E-state index in [1.165, 1.54) is 13.2 Å². The normalized spacial score (nSPS) is 17.2. The number of rotatable bonds is 5. The van der Waals surface area contributed by atoms with Crippen molar-refractivity contribution in [3.05, 3.63) is 23.5 Å². The summed E-state index contributed by atoms with van der Waals surface area (Å²) in [7, 11) is 1.53. The standard InChI is InChI=1S/C15H22FNO2/c1-10(2)19-14-12(15(9-17)5-4-6-15)7-11(16)8-13(14)18-3/h7-8,10H,4-6,9,17H2,1-3H3. The van der Waals surface area contributed by atoms with Crippen molar-refractivity contribution in [2.75, 3.05) is 13.7 Å². The molecule has 3 nitrogen and oxygen atoms in total. The SMILES string of the molecule is COc1cc(F)cc(C2(CN)CCC2)c1OC(C)C. The van der Waals surface area contributed by atoms with Crippen LogP contribution in [-0.4, -0.2) is 19.8 Å². The molecule has 0 unspecified atom stereocenters. The van der Waals surface area contributed by atoms with E-state index in [0.29, 0.717) is 18.0 Å². The van der Waals surface area contributed by atoms with E-state index in [1.807, 2.05) is 13.8 Å². The highest BCUT2D eigenvalue weighted by Gasteiger charge is 2.41. The van der Waals surface area contributed by atoms with Crippen molar-refractivity contribution in [1.29, 1.82) is 0 Å². The van der Waals surface area contributed by atoms with E-state index in [9.17, 15) is 4.39 Å². The smallest absolute Gasteiger partial charge is 0.165 e. The molecule has 0 atom stereocenters. The van der Waals surface area contributed by atoms with Crippen molar-refractivity contribution in [1.82, 2.24) is 0 Å². The second kappa shape index (κ2) is 5.37. The van der Waals surface area contributed by atoms with Gasteiger partial charge in [0.1, 0.15) is 5.82 Å². The number of halogens is 1. The molecule has 0 amide bonds. The molecule has 1 saturated carbocycles. The second-order valence-electron chi connectivity index (χ2n) is 5.49. The third kappa shape index (κ3) is 2.54. The molecule has 0 heterocycles. The summed E-state index contributed by atoms with van der Waals surface area (Å²) in [6.07, 6.45) is 3.08. The quantitative estimate of drug-likeness (QED) is 0.892. The lowest BCUT2D eigenvalue weighted by Crippen LogP contribution is -2.42. The molecule has 4 heteroatoms. The summed E-state index contributed by atoms with van der Waals surface area (Å²) in [5.74, 6) is 0.787. The zero-order valence-electron chi connectivity index (χ0n) is 11.8. The number of hydrogen-bond donors (Lipinski definition) is 1. The highest BCUT2D eigenvalue weighted by molar-refractivity contribution is 5.52. The molecule has 1 aromatic carbocycles. The van der Waals surface area contributed by atoms with Crippen LogP contribution in [0.5, 0.6) is 11.5 Å². The van der Waals surface area contributed by atoms with Gasteiger partial charge in [-0.1, -0.05) is 6.42 Å². The summed E-state index contributed by atoms with van der Waals surface area (Å²) >= 11 is 0. The van der Waals surface area contributed by atoms with Crippen molar-refractivity contribution in [2.24, 2.45) is 5.73 Å². The molecule has 2 N–H and O–H groups in total. The van der Waals surface area contributed by atoms with Gasteiger partial charge in [0.15, 0.2) is 11.5 Å². The van der Waals surface area contributed by atoms with E-state index in [-0.39, 0.29) is 17.3 Å². The van der Waals surface area contributed by atoms with Gasteiger partial charge in [-0.3, -0.25) is 0 Å². The van der Waals surface area contributed by atoms with E-state index in [2.05, 4.69) is 0 Å². The van der Waals surface area contributed by atoms with Gasteiger partial charge in [-0.25, -0.2) is 4.39 Å². The lowest BCUT2D eigenvalue weighted by molar-refractivity contribution is 0.200. The second-order valence-corrected chi connectivity index (χ2v) is 5.49. The molecular weight excluding hydrogens is 245 g/mol. The Morgan fingerprint density at radius 1 is 1.37 bits per heavy atom. The van der Waals surface area contributed by atoms with Crippen LogP contribution in [0, 0.1) is 5.82 Å². The Hall–Kier alpha value is -1.29. The summed E-state index contributed by atoms with van der Waals surface area (Å²) in [5.41, 5.74) is 6.62. The van der Waals surface area contributed by atoms with E-state index in [1.54, 1.807) is 6.07 Å². The zero-order chi connectivity index (χ0) is 14.0. The molecule has 2 rings (SSSR count). The number of ether oxygens (including phenoxy) is 2. The molecule has 1 fully saturated rings. The summed E-state index contributed by atoms with van der Waals surface area (Å²) in [6, 6.07) is 2.91. The van der Waals surface area contributed by atoms with Gasteiger partial charge < -0.3 is 15.2 Å². The molecule has 0 bridgehead atoms. The fourth-order valence-electron chi connectivity index (χ4n) is 2.66. The maximum Gasteiger partial charge on any atom is 0.165 e. The van der Waals surface area contributed by atoms with Crippen molar-refractivity contribution >= 4 is 0 Å². The third-order valence-corrected chi connectivity index (χ3v) is 3.87. The average molecular weight is 267 g/mol. The Balaban J connectivity index is 2.53. The van der Waals surface area contributed by atoms with Gasteiger partial charge in [0.25, 0.3) is 0 Å². The molecule has 0 aliphatic heterocycles. The summed E-state index contributed by atoms with van der Waals surface area (Å²) in [4.78, 5) is 0. The molecule has 19 heavy (non-hydrogen) atoms.